The highest BCUT2D eigenvalue weighted by Gasteiger charge is 2.30. The first-order valence-electron chi connectivity index (χ1n) is 7.45. The molecule has 3 heterocycles. The first-order chi connectivity index (χ1) is 10.0. The number of likely N-dealkylation sites (tertiary alicyclic amines) is 1. The summed E-state index contributed by atoms with van der Waals surface area (Å²) in [6.07, 6.45) is 2.07. The molecule has 2 unspecified atom stereocenters. The Hall–Kier alpha value is -1.40. The van der Waals surface area contributed by atoms with Crippen molar-refractivity contribution >= 4 is 27.5 Å². The molecule has 0 radical (unpaired) electrons. The second-order valence-electron chi connectivity index (χ2n) is 6.06. The Morgan fingerprint density at radius 1 is 1.57 bits per heavy atom. The van der Waals surface area contributed by atoms with E-state index in [-0.39, 0.29) is 11.9 Å². The predicted molar refractivity (Wildman–Crippen MR) is 85.6 cm³/mol. The number of hydrogen-bond donors (Lipinski definition) is 1. The van der Waals surface area contributed by atoms with E-state index in [1.807, 2.05) is 29.6 Å². The van der Waals surface area contributed by atoms with Crippen molar-refractivity contribution in [1.29, 1.82) is 0 Å². The van der Waals surface area contributed by atoms with Gasteiger partial charge in [0.1, 0.15) is 4.83 Å². The van der Waals surface area contributed by atoms with Crippen LogP contribution in [0.5, 0.6) is 0 Å². The van der Waals surface area contributed by atoms with Gasteiger partial charge in [0.15, 0.2) is 0 Å². The SMILES string of the molecule is Cc1nn(C)c2sc(C(=O)N3CCC(C)CC3CN)cc12. The summed E-state index contributed by atoms with van der Waals surface area (Å²) in [5.41, 5.74) is 6.85. The van der Waals surface area contributed by atoms with E-state index in [1.165, 1.54) is 11.3 Å². The zero-order valence-electron chi connectivity index (χ0n) is 12.8. The molecular formula is C15H22N4OS. The number of thiophene rings is 1. The van der Waals surface area contributed by atoms with Crippen molar-refractivity contribution in [2.45, 2.75) is 32.7 Å². The zero-order valence-corrected chi connectivity index (χ0v) is 13.6. The summed E-state index contributed by atoms with van der Waals surface area (Å²) in [5, 5.41) is 5.47. The highest BCUT2D eigenvalue weighted by atomic mass is 32.1. The number of carbonyl (C=O) groups excluding carboxylic acids is 1. The lowest BCUT2D eigenvalue weighted by Crippen LogP contribution is -2.49. The molecule has 1 aliphatic rings. The summed E-state index contributed by atoms with van der Waals surface area (Å²) < 4.78 is 1.85. The quantitative estimate of drug-likeness (QED) is 0.924. The Bertz CT molecular complexity index is 640. The van der Waals surface area contributed by atoms with Crippen LogP contribution in [-0.2, 0) is 7.05 Å². The van der Waals surface area contributed by atoms with E-state index in [1.54, 1.807) is 0 Å². The van der Waals surface area contributed by atoms with Gasteiger partial charge in [-0.25, -0.2) is 0 Å². The van der Waals surface area contributed by atoms with Crippen molar-refractivity contribution in [3.63, 3.8) is 0 Å². The molecule has 0 spiro atoms. The van der Waals surface area contributed by atoms with Gasteiger partial charge in [-0.05, 0) is 31.7 Å². The van der Waals surface area contributed by atoms with Crippen LogP contribution >= 0.6 is 11.3 Å². The van der Waals surface area contributed by atoms with Gasteiger partial charge in [0.25, 0.3) is 5.91 Å². The maximum absolute atomic E-state index is 12.8. The molecule has 1 amide bonds. The largest absolute Gasteiger partial charge is 0.334 e. The van der Waals surface area contributed by atoms with Crippen molar-refractivity contribution in [3.05, 3.63) is 16.6 Å². The summed E-state index contributed by atoms with van der Waals surface area (Å²) in [6.45, 7) is 5.57. The van der Waals surface area contributed by atoms with Gasteiger partial charge < -0.3 is 10.6 Å². The third-order valence-corrected chi connectivity index (χ3v) is 5.61. The number of fused-ring (bicyclic) bond motifs is 1. The fourth-order valence-electron chi connectivity index (χ4n) is 3.19. The van der Waals surface area contributed by atoms with Crippen LogP contribution in [0.2, 0.25) is 0 Å². The minimum atomic E-state index is 0.123. The summed E-state index contributed by atoms with van der Waals surface area (Å²) in [6, 6.07) is 2.15. The minimum absolute atomic E-state index is 0.123. The second-order valence-corrected chi connectivity index (χ2v) is 7.09. The van der Waals surface area contributed by atoms with Gasteiger partial charge in [0.2, 0.25) is 0 Å². The van der Waals surface area contributed by atoms with Crippen LogP contribution in [-0.4, -0.2) is 39.7 Å². The molecule has 1 fully saturated rings. The average molecular weight is 306 g/mol. The van der Waals surface area contributed by atoms with E-state index in [2.05, 4.69) is 12.0 Å². The highest BCUT2D eigenvalue weighted by molar-refractivity contribution is 7.20. The molecule has 6 heteroatoms. The van der Waals surface area contributed by atoms with Crippen molar-refractivity contribution in [2.75, 3.05) is 13.1 Å². The van der Waals surface area contributed by atoms with Crippen LogP contribution in [0.25, 0.3) is 10.2 Å². The molecule has 21 heavy (non-hydrogen) atoms. The van der Waals surface area contributed by atoms with E-state index in [0.29, 0.717) is 12.5 Å². The maximum atomic E-state index is 12.8. The lowest BCUT2D eigenvalue weighted by molar-refractivity contribution is 0.0579. The number of aromatic nitrogens is 2. The Kier molecular flexibility index (Phi) is 3.75. The van der Waals surface area contributed by atoms with Crippen molar-refractivity contribution in [3.8, 4) is 0 Å². The summed E-state index contributed by atoms with van der Waals surface area (Å²) in [5.74, 6) is 0.773. The molecule has 1 aliphatic heterocycles. The summed E-state index contributed by atoms with van der Waals surface area (Å²) in [7, 11) is 1.92. The number of nitrogens with zero attached hydrogens (tertiary/aromatic N) is 3. The monoisotopic (exact) mass is 306 g/mol. The number of nitrogens with two attached hydrogens (primary N) is 1. The molecule has 2 aromatic rings. The molecule has 0 saturated carbocycles. The molecule has 1 saturated heterocycles. The van der Waals surface area contributed by atoms with E-state index in [9.17, 15) is 4.79 Å². The Labute approximate surface area is 128 Å². The highest BCUT2D eigenvalue weighted by Crippen LogP contribution is 2.30. The number of amides is 1. The van der Waals surface area contributed by atoms with Gasteiger partial charge in [0.05, 0.1) is 10.6 Å². The Balaban J connectivity index is 1.90. The number of carbonyl (C=O) groups is 1. The Morgan fingerprint density at radius 2 is 2.33 bits per heavy atom. The summed E-state index contributed by atoms with van der Waals surface area (Å²) >= 11 is 1.53. The molecule has 0 bridgehead atoms. The first kappa shape index (κ1) is 14.5. The van der Waals surface area contributed by atoms with Crippen molar-refractivity contribution < 1.29 is 4.79 Å². The first-order valence-corrected chi connectivity index (χ1v) is 8.27. The van der Waals surface area contributed by atoms with E-state index in [4.69, 9.17) is 5.73 Å². The molecule has 0 aliphatic carbocycles. The second kappa shape index (κ2) is 5.42. The van der Waals surface area contributed by atoms with Crippen LogP contribution in [0.1, 0.15) is 35.1 Å². The molecule has 2 aromatic heterocycles. The van der Waals surface area contributed by atoms with E-state index < -0.39 is 0 Å². The predicted octanol–water partition coefficient (Wildman–Crippen LogP) is 2.14. The number of aryl methyl sites for hydroxylation is 2. The van der Waals surface area contributed by atoms with Crippen LogP contribution in [0.3, 0.4) is 0 Å². The zero-order chi connectivity index (χ0) is 15.1. The normalized spacial score (nSPS) is 23.0. The van der Waals surface area contributed by atoms with E-state index in [0.717, 1.165) is 40.2 Å². The minimum Gasteiger partial charge on any atom is -0.334 e. The standard InChI is InChI=1S/C15H22N4OS/c1-9-4-5-19(11(6-9)8-16)14(20)13-7-12-10(2)17-18(3)15(12)21-13/h7,9,11H,4-6,8,16H2,1-3H3. The van der Waals surface area contributed by atoms with Gasteiger partial charge in [-0.3, -0.25) is 9.48 Å². The smallest absolute Gasteiger partial charge is 0.264 e. The van der Waals surface area contributed by atoms with Gasteiger partial charge in [-0.1, -0.05) is 6.92 Å². The fourth-order valence-corrected chi connectivity index (χ4v) is 4.27. The molecule has 2 N–H and O–H groups in total. The number of rotatable bonds is 2. The molecule has 3 rings (SSSR count). The van der Waals surface area contributed by atoms with Gasteiger partial charge in [-0.2, -0.15) is 5.10 Å². The van der Waals surface area contributed by atoms with Crippen molar-refractivity contribution in [1.82, 2.24) is 14.7 Å². The van der Waals surface area contributed by atoms with Gasteiger partial charge in [0, 0.05) is 31.6 Å². The molecular weight excluding hydrogens is 284 g/mol. The van der Waals surface area contributed by atoms with Crippen LogP contribution in [0.4, 0.5) is 0 Å². The molecule has 2 atom stereocenters. The lowest BCUT2D eigenvalue weighted by Gasteiger charge is -2.37. The topological polar surface area (TPSA) is 64.2 Å². The molecule has 114 valence electrons. The Morgan fingerprint density at radius 3 is 3.00 bits per heavy atom. The average Bonchev–Trinajstić information content (AvgIpc) is 3.00. The van der Waals surface area contributed by atoms with Crippen LogP contribution in [0.15, 0.2) is 6.07 Å². The summed E-state index contributed by atoms with van der Waals surface area (Å²) in [4.78, 5) is 16.6. The van der Waals surface area contributed by atoms with E-state index >= 15 is 0 Å². The van der Waals surface area contributed by atoms with Gasteiger partial charge in [-0.15, -0.1) is 11.3 Å². The maximum Gasteiger partial charge on any atom is 0.264 e. The van der Waals surface area contributed by atoms with Crippen LogP contribution < -0.4 is 5.73 Å². The molecule has 5 nitrogen and oxygen atoms in total. The van der Waals surface area contributed by atoms with Crippen molar-refractivity contribution in [2.24, 2.45) is 18.7 Å². The number of hydrogen-bond acceptors (Lipinski definition) is 4. The van der Waals surface area contributed by atoms with Crippen LogP contribution in [0, 0.1) is 12.8 Å². The van der Waals surface area contributed by atoms with Gasteiger partial charge >= 0.3 is 0 Å². The molecule has 0 aromatic carbocycles. The third kappa shape index (κ3) is 2.46. The third-order valence-electron chi connectivity index (χ3n) is 4.42. The number of piperidine rings is 1. The lowest BCUT2D eigenvalue weighted by atomic mass is 9.92. The fraction of sp³-hybridized carbons (Fsp3) is 0.600.